The normalized spacial score (nSPS) is 22.4. The summed E-state index contributed by atoms with van der Waals surface area (Å²) in [6.07, 6.45) is -6.19. The van der Waals surface area contributed by atoms with Gasteiger partial charge in [-0.1, -0.05) is 11.8 Å². The maximum absolute atomic E-state index is 13.5. The summed E-state index contributed by atoms with van der Waals surface area (Å²) in [4.78, 5) is 76.5. The smallest absolute Gasteiger partial charge is 0.349 e. The van der Waals surface area contributed by atoms with Crippen molar-refractivity contribution in [3.63, 3.8) is 0 Å². The van der Waals surface area contributed by atoms with Gasteiger partial charge in [0, 0.05) is 45.9 Å². The second-order valence-corrected chi connectivity index (χ2v) is 10.7. The Balaban J connectivity index is 2.78. The Labute approximate surface area is 257 Å². The van der Waals surface area contributed by atoms with Crippen molar-refractivity contribution >= 4 is 70.6 Å². The fraction of sp³-hybridized carbons (Fsp3) is 0.519. The number of benzene rings is 1. The molecule has 1 aliphatic rings. The highest BCUT2D eigenvalue weighted by Gasteiger charge is 2.58. The van der Waals surface area contributed by atoms with E-state index in [1.165, 1.54) is 6.92 Å². The molecule has 0 aromatic heterocycles. The van der Waals surface area contributed by atoms with Crippen LogP contribution in [0.5, 0.6) is 0 Å². The summed E-state index contributed by atoms with van der Waals surface area (Å²) in [5.74, 6) is -4.68. The number of carbonyl (C=O) groups is 6. The molecule has 0 spiro atoms. The van der Waals surface area contributed by atoms with E-state index in [-0.39, 0.29) is 6.42 Å². The molecule has 16 heteroatoms. The van der Waals surface area contributed by atoms with Gasteiger partial charge in [0.2, 0.25) is 10.8 Å². The van der Waals surface area contributed by atoms with Crippen molar-refractivity contribution in [3.8, 4) is 0 Å². The lowest BCUT2D eigenvalue weighted by Gasteiger charge is -2.48. The summed E-state index contributed by atoms with van der Waals surface area (Å²) >= 11 is 5.52. The van der Waals surface area contributed by atoms with Crippen LogP contribution in [0.15, 0.2) is 34.2 Å². The van der Waals surface area contributed by atoms with E-state index >= 15 is 0 Å². The maximum atomic E-state index is 13.5. The lowest BCUT2D eigenvalue weighted by molar-refractivity contribution is -0.224. The number of thioether (sulfide) groups is 1. The number of thiocarbonyl (C=S) groups is 1. The number of aliphatic imine (C=N–C) groups is 1. The van der Waals surface area contributed by atoms with Gasteiger partial charge in [-0.15, -0.1) is 0 Å². The summed E-state index contributed by atoms with van der Waals surface area (Å²) in [6.45, 7) is 4.98. The maximum Gasteiger partial charge on any atom is 0.349 e. The largest absolute Gasteiger partial charge is 0.466 e. The first-order chi connectivity index (χ1) is 20.2. The van der Waals surface area contributed by atoms with Crippen LogP contribution in [0.1, 0.15) is 41.0 Å². The highest BCUT2D eigenvalue weighted by atomic mass is 32.2. The van der Waals surface area contributed by atoms with Crippen LogP contribution in [0.25, 0.3) is 0 Å². The van der Waals surface area contributed by atoms with Crippen molar-refractivity contribution in [3.05, 3.63) is 24.3 Å². The monoisotopic (exact) mass is 640 g/mol. The van der Waals surface area contributed by atoms with Crippen molar-refractivity contribution in [2.24, 2.45) is 4.99 Å². The van der Waals surface area contributed by atoms with E-state index in [4.69, 9.17) is 28.4 Å². The molecule has 1 N–H and O–H groups in total. The third kappa shape index (κ3) is 10.4. The number of amides is 1. The quantitative estimate of drug-likeness (QED) is 0.152. The summed E-state index contributed by atoms with van der Waals surface area (Å²) < 4.78 is 33.0. The molecular formula is C27H32N2O12S2. The van der Waals surface area contributed by atoms with Gasteiger partial charge in [0.05, 0.1) is 24.0 Å². The van der Waals surface area contributed by atoms with E-state index in [9.17, 15) is 28.8 Å². The molecule has 43 heavy (non-hydrogen) atoms. The van der Waals surface area contributed by atoms with Gasteiger partial charge in [-0.3, -0.25) is 24.0 Å². The lowest BCUT2D eigenvalue weighted by atomic mass is 9.89. The van der Waals surface area contributed by atoms with Gasteiger partial charge in [-0.05, 0) is 36.5 Å². The lowest BCUT2D eigenvalue weighted by Crippen LogP contribution is -2.68. The van der Waals surface area contributed by atoms with Gasteiger partial charge in [-0.25, -0.2) is 4.79 Å². The molecule has 1 amide bonds. The van der Waals surface area contributed by atoms with Gasteiger partial charge in [0.25, 0.3) is 0 Å². The van der Waals surface area contributed by atoms with Crippen LogP contribution in [0.4, 0.5) is 5.69 Å². The minimum atomic E-state index is -1.97. The molecule has 14 nitrogen and oxygen atoms in total. The minimum absolute atomic E-state index is 0.333. The topological polar surface area (TPSA) is 182 Å². The van der Waals surface area contributed by atoms with Crippen LogP contribution >= 0.6 is 24.0 Å². The highest BCUT2D eigenvalue weighted by Crippen LogP contribution is 2.46. The summed E-state index contributed by atoms with van der Waals surface area (Å²) in [6, 6.07) is 5.19. The fourth-order valence-corrected chi connectivity index (χ4v) is 5.67. The number of esters is 5. The molecule has 0 bridgehead atoms. The number of isothiocyanates is 1. The molecule has 0 unspecified atom stereocenters. The standard InChI is InChI=1S/C27H32N2O12S2/c1-14(30)29-23-21(38-16(3)32)11-27(26(35)36-6,43-20-9-7-19(8-10-20)28-13-42)41-25(23)24(40-18(5)34)22(39-17(4)33)12-37-15(2)31/h7-10,21-25H,11-12H2,1-6H3,(H,29,30)/t21-,22+,23+,24+,25+,27-/m0/s1. The average Bonchev–Trinajstić information content (AvgIpc) is 2.91. The fourth-order valence-electron chi connectivity index (χ4n) is 4.33. The molecule has 1 aliphatic heterocycles. The van der Waals surface area contributed by atoms with Crippen LogP contribution in [-0.2, 0) is 57.2 Å². The number of methoxy groups -OCH3 is 1. The number of rotatable bonds is 12. The van der Waals surface area contributed by atoms with E-state index in [0.29, 0.717) is 10.6 Å². The van der Waals surface area contributed by atoms with Crippen molar-refractivity contribution in [2.75, 3.05) is 13.7 Å². The number of hydrogen-bond donors (Lipinski definition) is 1. The number of carbonyl (C=O) groups excluding carboxylic acids is 6. The molecule has 1 aromatic rings. The van der Waals surface area contributed by atoms with Crippen LogP contribution in [0, 0.1) is 0 Å². The predicted octanol–water partition coefficient (Wildman–Crippen LogP) is 2.03. The first-order valence-corrected chi connectivity index (χ1v) is 14.0. The zero-order chi connectivity index (χ0) is 32.3. The van der Waals surface area contributed by atoms with Crippen LogP contribution in [-0.4, -0.2) is 90.0 Å². The SMILES string of the molecule is COC(=O)[C@@]1(Sc2ccc(N=C=S)cc2)C[C@H](OC(C)=O)[C@@H](NC(C)=O)[C@H]([C@H](OC(C)=O)[C@@H](COC(C)=O)OC(C)=O)O1. The third-order valence-corrected chi connectivity index (χ3v) is 7.15. The van der Waals surface area contributed by atoms with Crippen LogP contribution < -0.4 is 5.32 Å². The zero-order valence-corrected chi connectivity index (χ0v) is 25.9. The Bertz CT molecular complexity index is 1270. The molecule has 1 saturated heterocycles. The van der Waals surface area contributed by atoms with E-state index in [2.05, 4.69) is 27.7 Å². The predicted molar refractivity (Wildman–Crippen MR) is 152 cm³/mol. The van der Waals surface area contributed by atoms with E-state index in [1.54, 1.807) is 24.3 Å². The van der Waals surface area contributed by atoms with E-state index in [0.717, 1.165) is 46.6 Å². The molecule has 1 aromatic carbocycles. The molecule has 0 saturated carbocycles. The van der Waals surface area contributed by atoms with Crippen molar-refractivity contribution in [2.45, 2.75) is 81.3 Å². The second-order valence-electron chi connectivity index (χ2n) is 9.23. The Hall–Kier alpha value is -3.85. The van der Waals surface area contributed by atoms with Crippen molar-refractivity contribution < 1.29 is 57.2 Å². The van der Waals surface area contributed by atoms with Gasteiger partial charge in [0.1, 0.15) is 18.8 Å². The Morgan fingerprint density at radius 3 is 2.14 bits per heavy atom. The van der Waals surface area contributed by atoms with Gasteiger partial charge in [-0.2, -0.15) is 4.99 Å². The van der Waals surface area contributed by atoms with Crippen LogP contribution in [0.3, 0.4) is 0 Å². The van der Waals surface area contributed by atoms with Gasteiger partial charge < -0.3 is 33.7 Å². The molecule has 2 rings (SSSR count). The molecular weight excluding hydrogens is 608 g/mol. The number of nitrogens with zero attached hydrogens (tertiary/aromatic N) is 1. The minimum Gasteiger partial charge on any atom is -0.466 e. The third-order valence-electron chi connectivity index (χ3n) is 5.79. The Morgan fingerprint density at radius 2 is 1.65 bits per heavy atom. The molecule has 6 atom stereocenters. The number of nitrogens with one attached hydrogen (secondary N) is 1. The highest BCUT2D eigenvalue weighted by molar-refractivity contribution is 8.01. The summed E-state index contributed by atoms with van der Waals surface area (Å²) in [5.41, 5.74) is 0.488. The Morgan fingerprint density at radius 1 is 1.02 bits per heavy atom. The summed E-state index contributed by atoms with van der Waals surface area (Å²) in [5, 5.41) is 4.87. The zero-order valence-electron chi connectivity index (χ0n) is 24.3. The molecule has 234 valence electrons. The van der Waals surface area contributed by atoms with Crippen molar-refractivity contribution in [1.82, 2.24) is 5.32 Å². The van der Waals surface area contributed by atoms with Gasteiger partial charge >= 0.3 is 29.8 Å². The Kier molecular flexibility index (Phi) is 13.3. The molecule has 0 aliphatic carbocycles. The molecule has 0 radical (unpaired) electrons. The first kappa shape index (κ1) is 35.3. The summed E-state index contributed by atoms with van der Waals surface area (Å²) in [7, 11) is 1.12. The van der Waals surface area contributed by atoms with E-state index < -0.39 is 77.8 Å². The number of ether oxygens (including phenoxy) is 6. The first-order valence-electron chi connectivity index (χ1n) is 12.8. The molecule has 1 fully saturated rings. The van der Waals surface area contributed by atoms with Crippen molar-refractivity contribution in [1.29, 1.82) is 0 Å². The second kappa shape index (κ2) is 16.1. The van der Waals surface area contributed by atoms with Crippen LogP contribution in [0.2, 0.25) is 0 Å². The van der Waals surface area contributed by atoms with E-state index in [1.807, 2.05) is 0 Å². The number of hydrogen-bond acceptors (Lipinski definition) is 15. The molecule has 1 heterocycles. The average molecular weight is 641 g/mol. The van der Waals surface area contributed by atoms with Gasteiger partial charge in [0.15, 0.2) is 12.2 Å².